The van der Waals surface area contributed by atoms with Crippen LogP contribution in [0.3, 0.4) is 0 Å². The van der Waals surface area contributed by atoms with Crippen molar-refractivity contribution in [3.63, 3.8) is 0 Å². The normalized spacial score (nSPS) is 13.4. The van der Waals surface area contributed by atoms with Crippen molar-refractivity contribution >= 4 is 99.1 Å². The first kappa shape index (κ1) is 26.9. The summed E-state index contributed by atoms with van der Waals surface area (Å²) in [5.41, 5.74) is 11.5. The van der Waals surface area contributed by atoms with Gasteiger partial charge in [-0.25, -0.2) is 0 Å². The third-order valence-electron chi connectivity index (χ3n) is 10.8. The van der Waals surface area contributed by atoms with E-state index in [-0.39, 0.29) is 0 Å². The summed E-state index contributed by atoms with van der Waals surface area (Å²) >= 11 is 1.93. The van der Waals surface area contributed by atoms with Crippen LogP contribution in [0.2, 0.25) is 0 Å². The Balaban J connectivity index is 1.15. The van der Waals surface area contributed by atoms with Crippen molar-refractivity contribution < 1.29 is 13.3 Å². The molecule has 0 saturated heterocycles. The average Bonchev–Trinajstić information content (AvgIpc) is 3.93. The fraction of sp³-hybridized carbons (Fsp3) is 0.0435. The van der Waals surface area contributed by atoms with E-state index in [1.54, 1.807) is 0 Å². The van der Waals surface area contributed by atoms with Crippen LogP contribution in [0.15, 0.2) is 152 Å². The highest BCUT2D eigenvalue weighted by molar-refractivity contribution is 7.99. The van der Waals surface area contributed by atoms with Gasteiger partial charge < -0.3 is 13.3 Å². The largest absolute Gasteiger partial charge is 0.456 e. The van der Waals surface area contributed by atoms with Crippen LogP contribution in [0.4, 0.5) is 0 Å². The zero-order valence-electron chi connectivity index (χ0n) is 26.7. The maximum absolute atomic E-state index is 6.56. The molecule has 0 bridgehead atoms. The Hall–Kier alpha value is -5.97. The van der Waals surface area contributed by atoms with Gasteiger partial charge in [-0.3, -0.25) is 0 Å². The second kappa shape index (κ2) is 9.81. The zero-order valence-corrected chi connectivity index (χ0v) is 27.6. The molecule has 4 heterocycles. The summed E-state index contributed by atoms with van der Waals surface area (Å²) in [7, 11) is 0. The van der Waals surface area contributed by atoms with E-state index in [2.05, 4.69) is 121 Å². The summed E-state index contributed by atoms with van der Waals surface area (Å²) in [6.07, 6.45) is 1.12. The number of hydrogen-bond acceptors (Lipinski definition) is 4. The summed E-state index contributed by atoms with van der Waals surface area (Å²) < 4.78 is 19.4. The van der Waals surface area contributed by atoms with Crippen molar-refractivity contribution in [2.45, 2.75) is 11.3 Å². The van der Waals surface area contributed by atoms with Crippen molar-refractivity contribution in [2.24, 2.45) is 0 Å². The molecule has 0 N–H and O–H groups in total. The van der Waals surface area contributed by atoms with Gasteiger partial charge >= 0.3 is 0 Å². The standard InChI is InChI=1S/C46H26O3S/c1-3-11-31-29(9-1)44(26-16-17-28-34-20-25-18-19-50-43(25)24-42(34)49-39(28)21-26)30-10-2-4-12-32(30)45(31)33-13-7-15-38-46(33)36-22-35-27-8-5-6-14-37(27)47-40(35)23-41(36)48-38/h1-17,20-24H,18-19H2. The predicted octanol–water partition coefficient (Wildman–Crippen LogP) is 13.7. The molecule has 0 fully saturated rings. The Bertz CT molecular complexity index is 3190. The third kappa shape index (κ3) is 3.61. The van der Waals surface area contributed by atoms with Crippen molar-refractivity contribution in [3.8, 4) is 22.3 Å². The lowest BCUT2D eigenvalue weighted by molar-refractivity contribution is 0.656. The van der Waals surface area contributed by atoms with E-state index in [9.17, 15) is 0 Å². The van der Waals surface area contributed by atoms with Crippen molar-refractivity contribution in [1.82, 2.24) is 0 Å². The van der Waals surface area contributed by atoms with Crippen LogP contribution in [0.25, 0.3) is 110 Å². The molecular weight excluding hydrogens is 633 g/mol. The maximum atomic E-state index is 6.56. The molecule has 8 aromatic carbocycles. The van der Waals surface area contributed by atoms with Gasteiger partial charge in [0.05, 0.1) is 0 Å². The van der Waals surface area contributed by atoms with E-state index >= 15 is 0 Å². The quantitative estimate of drug-likeness (QED) is 0.173. The predicted molar refractivity (Wildman–Crippen MR) is 209 cm³/mol. The molecule has 4 heteroatoms. The molecule has 1 aliphatic heterocycles. The Kier molecular flexibility index (Phi) is 5.28. The Labute approximate surface area is 289 Å². The van der Waals surface area contributed by atoms with E-state index in [1.807, 2.05) is 23.9 Å². The van der Waals surface area contributed by atoms with Crippen LogP contribution >= 0.6 is 11.8 Å². The molecule has 0 atom stereocenters. The van der Waals surface area contributed by atoms with E-state index in [4.69, 9.17) is 13.3 Å². The highest BCUT2D eigenvalue weighted by Gasteiger charge is 2.22. The lowest BCUT2D eigenvalue weighted by atomic mass is 9.85. The van der Waals surface area contributed by atoms with Gasteiger partial charge in [-0.1, -0.05) is 84.9 Å². The number of fused-ring (bicyclic) bond motifs is 12. The number of rotatable bonds is 2. The minimum absolute atomic E-state index is 0.826. The molecule has 234 valence electrons. The molecule has 1 aliphatic rings. The van der Waals surface area contributed by atoms with Crippen LogP contribution in [0, 0.1) is 0 Å². The van der Waals surface area contributed by atoms with Gasteiger partial charge in [0.25, 0.3) is 0 Å². The Morgan fingerprint density at radius 2 is 1.00 bits per heavy atom. The number of thioether (sulfide) groups is 1. The van der Waals surface area contributed by atoms with E-state index in [0.717, 1.165) is 78.3 Å². The van der Waals surface area contributed by atoms with Gasteiger partial charge in [0.1, 0.15) is 33.5 Å². The molecule has 0 aliphatic carbocycles. The fourth-order valence-electron chi connectivity index (χ4n) is 8.59. The summed E-state index contributed by atoms with van der Waals surface area (Å²) in [4.78, 5) is 1.35. The molecular formula is C46H26O3S. The number of aryl methyl sites for hydroxylation is 1. The van der Waals surface area contributed by atoms with Gasteiger partial charge in [-0.2, -0.15) is 0 Å². The topological polar surface area (TPSA) is 39.4 Å². The first-order valence-corrected chi connectivity index (χ1v) is 18.1. The highest BCUT2D eigenvalue weighted by Crippen LogP contribution is 2.48. The Morgan fingerprint density at radius 1 is 0.400 bits per heavy atom. The molecule has 50 heavy (non-hydrogen) atoms. The second-order valence-electron chi connectivity index (χ2n) is 13.4. The van der Waals surface area contributed by atoms with E-state index < -0.39 is 0 Å². The van der Waals surface area contributed by atoms with Crippen LogP contribution < -0.4 is 0 Å². The summed E-state index contributed by atoms with van der Waals surface area (Å²) in [5, 5.41) is 11.6. The Morgan fingerprint density at radius 3 is 1.82 bits per heavy atom. The molecule has 11 aromatic rings. The minimum atomic E-state index is 0.826. The maximum Gasteiger partial charge on any atom is 0.139 e. The van der Waals surface area contributed by atoms with Crippen LogP contribution in [0.1, 0.15) is 5.56 Å². The number of furan rings is 3. The molecule has 12 rings (SSSR count). The smallest absolute Gasteiger partial charge is 0.139 e. The van der Waals surface area contributed by atoms with Crippen LogP contribution in [-0.2, 0) is 6.42 Å². The van der Waals surface area contributed by atoms with Crippen molar-refractivity contribution in [3.05, 3.63) is 139 Å². The summed E-state index contributed by atoms with van der Waals surface area (Å²) in [6, 6.07) is 48.0. The van der Waals surface area contributed by atoms with Gasteiger partial charge in [0.2, 0.25) is 0 Å². The molecule has 3 aromatic heterocycles. The van der Waals surface area contributed by atoms with Crippen molar-refractivity contribution in [1.29, 1.82) is 0 Å². The number of benzene rings is 8. The molecule has 0 unspecified atom stereocenters. The zero-order chi connectivity index (χ0) is 32.5. The summed E-state index contributed by atoms with van der Waals surface area (Å²) in [5.74, 6) is 1.15. The lowest BCUT2D eigenvalue weighted by Crippen LogP contribution is -1.91. The molecule has 0 amide bonds. The number of hydrogen-bond donors (Lipinski definition) is 0. The molecule has 0 saturated carbocycles. The lowest BCUT2D eigenvalue weighted by Gasteiger charge is -2.18. The molecule has 3 nitrogen and oxygen atoms in total. The first-order chi connectivity index (χ1) is 24.8. The monoisotopic (exact) mass is 658 g/mol. The average molecular weight is 659 g/mol. The minimum Gasteiger partial charge on any atom is -0.456 e. The molecule has 0 radical (unpaired) electrons. The highest BCUT2D eigenvalue weighted by atomic mass is 32.2. The fourth-order valence-corrected chi connectivity index (χ4v) is 9.67. The third-order valence-corrected chi connectivity index (χ3v) is 11.9. The summed E-state index contributed by atoms with van der Waals surface area (Å²) in [6.45, 7) is 0. The van der Waals surface area contributed by atoms with Gasteiger partial charge in [-0.05, 0) is 98.2 Å². The van der Waals surface area contributed by atoms with E-state index in [0.29, 0.717) is 0 Å². The van der Waals surface area contributed by atoms with E-state index in [1.165, 1.54) is 53.9 Å². The van der Waals surface area contributed by atoms with Crippen molar-refractivity contribution in [2.75, 3.05) is 5.75 Å². The van der Waals surface area contributed by atoms with Gasteiger partial charge in [0, 0.05) is 49.0 Å². The van der Waals surface area contributed by atoms with Gasteiger partial charge in [-0.15, -0.1) is 11.8 Å². The SMILES string of the molecule is c1ccc2c(c1)oc1cc3oc4cccc(-c5c6ccccc6c(-c6ccc7c(c6)oc6cc8c(cc67)CCS8)c6ccccc56)c4c3cc12. The van der Waals surface area contributed by atoms with Crippen LogP contribution in [0.5, 0.6) is 0 Å². The number of para-hydroxylation sites is 1. The van der Waals surface area contributed by atoms with Crippen LogP contribution in [-0.4, -0.2) is 5.75 Å². The van der Waals surface area contributed by atoms with Gasteiger partial charge in [0.15, 0.2) is 0 Å². The second-order valence-corrected chi connectivity index (χ2v) is 14.6. The molecule has 0 spiro atoms. The first-order valence-electron chi connectivity index (χ1n) is 17.1.